The third-order valence-corrected chi connectivity index (χ3v) is 4.46. The number of amides is 1. The van der Waals surface area contributed by atoms with E-state index in [0.717, 1.165) is 11.1 Å². The molecule has 0 aliphatic carbocycles. The van der Waals surface area contributed by atoms with Crippen molar-refractivity contribution < 1.29 is 9.18 Å². The smallest absolute Gasteiger partial charge is 0.230 e. The Labute approximate surface area is 147 Å². The molecule has 1 amide bonds. The summed E-state index contributed by atoms with van der Waals surface area (Å²) in [5.41, 5.74) is 2.37. The van der Waals surface area contributed by atoms with E-state index in [0.29, 0.717) is 15.2 Å². The lowest BCUT2D eigenvalue weighted by atomic mass is 10.1. The molecule has 4 nitrogen and oxygen atoms in total. The number of halogens is 2. The lowest BCUT2D eigenvalue weighted by Crippen LogP contribution is -2.15. The third-order valence-electron chi connectivity index (χ3n) is 3.34. The Morgan fingerprint density at radius 2 is 1.96 bits per heavy atom. The van der Waals surface area contributed by atoms with E-state index in [4.69, 9.17) is 11.6 Å². The molecular weight excluding hydrogens is 349 g/mol. The molecule has 7 heteroatoms. The molecule has 3 rings (SSSR count). The molecular formula is C17H13ClFN3OS. The first-order valence-corrected chi connectivity index (χ1v) is 8.35. The molecule has 0 unspecified atom stereocenters. The number of benzene rings is 2. The monoisotopic (exact) mass is 361 g/mol. The lowest BCUT2D eigenvalue weighted by Gasteiger charge is -2.03. The summed E-state index contributed by atoms with van der Waals surface area (Å²) < 4.78 is 13.7. The largest absolute Gasteiger partial charge is 0.300 e. The van der Waals surface area contributed by atoms with E-state index < -0.39 is 5.82 Å². The number of anilines is 1. The third kappa shape index (κ3) is 3.96. The van der Waals surface area contributed by atoms with Gasteiger partial charge < -0.3 is 5.32 Å². The first kappa shape index (κ1) is 16.5. The highest BCUT2D eigenvalue weighted by Crippen LogP contribution is 2.26. The topological polar surface area (TPSA) is 54.9 Å². The van der Waals surface area contributed by atoms with Gasteiger partial charge in [-0.05, 0) is 24.6 Å². The minimum atomic E-state index is -0.504. The zero-order valence-corrected chi connectivity index (χ0v) is 14.3. The Morgan fingerprint density at radius 3 is 2.67 bits per heavy atom. The van der Waals surface area contributed by atoms with Gasteiger partial charge in [0, 0.05) is 10.6 Å². The number of rotatable bonds is 4. The summed E-state index contributed by atoms with van der Waals surface area (Å²) in [6, 6.07) is 12.1. The van der Waals surface area contributed by atoms with Gasteiger partial charge in [-0.3, -0.25) is 4.79 Å². The molecule has 0 radical (unpaired) electrons. The molecule has 1 N–H and O–H groups in total. The quantitative estimate of drug-likeness (QED) is 0.745. The fourth-order valence-corrected chi connectivity index (χ4v) is 3.01. The average molecular weight is 362 g/mol. The molecule has 0 atom stereocenters. The second-order valence-corrected chi connectivity index (χ2v) is 6.65. The van der Waals surface area contributed by atoms with E-state index in [9.17, 15) is 9.18 Å². The molecule has 0 saturated heterocycles. The summed E-state index contributed by atoms with van der Waals surface area (Å²) in [5.74, 6) is -0.863. The van der Waals surface area contributed by atoms with Crippen molar-refractivity contribution >= 4 is 34.0 Å². The van der Waals surface area contributed by atoms with Crippen molar-refractivity contribution in [1.82, 2.24) is 10.2 Å². The first-order chi connectivity index (χ1) is 11.5. The number of nitrogens with one attached hydrogen (secondary N) is 1. The molecule has 0 bridgehead atoms. The van der Waals surface area contributed by atoms with Crippen LogP contribution in [-0.2, 0) is 11.2 Å². The second-order valence-electron chi connectivity index (χ2n) is 5.24. The molecule has 24 heavy (non-hydrogen) atoms. The number of aromatic nitrogens is 2. The number of aryl methyl sites for hydroxylation is 1. The van der Waals surface area contributed by atoms with Crippen LogP contribution in [0.25, 0.3) is 10.6 Å². The molecule has 0 spiro atoms. The molecule has 0 aliphatic heterocycles. The minimum absolute atomic E-state index is 0.0948. The van der Waals surface area contributed by atoms with Gasteiger partial charge in [0.05, 0.1) is 6.42 Å². The van der Waals surface area contributed by atoms with Crippen molar-refractivity contribution in [1.29, 1.82) is 0 Å². The Balaban J connectivity index is 1.68. The highest BCUT2D eigenvalue weighted by molar-refractivity contribution is 7.18. The number of hydrogen-bond donors (Lipinski definition) is 1. The van der Waals surface area contributed by atoms with Gasteiger partial charge in [0.15, 0.2) is 0 Å². The minimum Gasteiger partial charge on any atom is -0.300 e. The Kier molecular flexibility index (Phi) is 4.87. The maximum Gasteiger partial charge on any atom is 0.230 e. The highest BCUT2D eigenvalue weighted by atomic mass is 35.5. The predicted molar refractivity (Wildman–Crippen MR) is 93.8 cm³/mol. The Hall–Kier alpha value is -2.31. The maximum atomic E-state index is 13.7. The molecule has 1 aromatic heterocycles. The molecule has 1 heterocycles. The van der Waals surface area contributed by atoms with Gasteiger partial charge in [0.2, 0.25) is 11.0 Å². The summed E-state index contributed by atoms with van der Waals surface area (Å²) in [6.07, 6.45) is -0.0948. The summed E-state index contributed by atoms with van der Waals surface area (Å²) in [4.78, 5) is 12.0. The van der Waals surface area contributed by atoms with Gasteiger partial charge in [0.25, 0.3) is 0 Å². The summed E-state index contributed by atoms with van der Waals surface area (Å²) in [5, 5.41) is 12.0. The van der Waals surface area contributed by atoms with Gasteiger partial charge in [-0.2, -0.15) is 0 Å². The second kappa shape index (κ2) is 7.07. The Morgan fingerprint density at radius 1 is 1.21 bits per heavy atom. The SMILES string of the molecule is Cc1ccc(-c2nnc(NC(=O)Cc3ccc(Cl)cc3F)s2)cc1. The fraction of sp³-hybridized carbons (Fsp3) is 0.118. The molecule has 0 aliphatic rings. The number of carbonyl (C=O) groups excluding carboxylic acids is 1. The molecule has 0 saturated carbocycles. The highest BCUT2D eigenvalue weighted by Gasteiger charge is 2.12. The van der Waals surface area contributed by atoms with Crippen molar-refractivity contribution in [2.45, 2.75) is 13.3 Å². The van der Waals surface area contributed by atoms with Gasteiger partial charge in [-0.25, -0.2) is 4.39 Å². The van der Waals surface area contributed by atoms with Crippen molar-refractivity contribution in [3.63, 3.8) is 0 Å². The van der Waals surface area contributed by atoms with E-state index in [1.165, 1.54) is 23.5 Å². The van der Waals surface area contributed by atoms with Crippen LogP contribution in [0.2, 0.25) is 5.02 Å². The van der Waals surface area contributed by atoms with Crippen molar-refractivity contribution in [3.05, 3.63) is 64.4 Å². The van der Waals surface area contributed by atoms with Crippen LogP contribution in [-0.4, -0.2) is 16.1 Å². The van der Waals surface area contributed by atoms with Crippen LogP contribution >= 0.6 is 22.9 Å². The zero-order valence-electron chi connectivity index (χ0n) is 12.7. The van der Waals surface area contributed by atoms with Gasteiger partial charge in [-0.15, -0.1) is 10.2 Å². The molecule has 0 fully saturated rings. The molecule has 122 valence electrons. The fourth-order valence-electron chi connectivity index (χ4n) is 2.09. The standard InChI is InChI=1S/C17H13ClFN3OS/c1-10-2-4-11(5-3-10)16-21-22-17(24-16)20-15(23)8-12-6-7-13(18)9-14(12)19/h2-7,9H,8H2,1H3,(H,20,22,23). The number of carbonyl (C=O) groups is 1. The normalized spacial score (nSPS) is 10.6. The van der Waals surface area contributed by atoms with Crippen LogP contribution in [0.4, 0.5) is 9.52 Å². The maximum absolute atomic E-state index is 13.7. The Bertz CT molecular complexity index is 880. The molecule has 3 aromatic rings. The van der Waals surface area contributed by atoms with Gasteiger partial charge in [0.1, 0.15) is 10.8 Å². The average Bonchev–Trinajstić information content (AvgIpc) is 2.99. The van der Waals surface area contributed by atoms with Crippen LogP contribution in [0, 0.1) is 12.7 Å². The van der Waals surface area contributed by atoms with E-state index in [1.807, 2.05) is 31.2 Å². The van der Waals surface area contributed by atoms with Gasteiger partial charge in [-0.1, -0.05) is 58.8 Å². The van der Waals surface area contributed by atoms with Gasteiger partial charge >= 0.3 is 0 Å². The summed E-state index contributed by atoms with van der Waals surface area (Å²) >= 11 is 6.97. The number of nitrogens with zero attached hydrogens (tertiary/aromatic N) is 2. The van der Waals surface area contributed by atoms with E-state index in [2.05, 4.69) is 15.5 Å². The predicted octanol–water partition coefficient (Wildman–Crippen LogP) is 4.49. The van der Waals surface area contributed by atoms with E-state index in [1.54, 1.807) is 6.07 Å². The first-order valence-electron chi connectivity index (χ1n) is 7.15. The van der Waals surface area contributed by atoms with E-state index >= 15 is 0 Å². The van der Waals surface area contributed by atoms with Crippen molar-refractivity contribution in [2.75, 3.05) is 5.32 Å². The van der Waals surface area contributed by atoms with Crippen LogP contribution < -0.4 is 5.32 Å². The van der Waals surface area contributed by atoms with Crippen LogP contribution in [0.15, 0.2) is 42.5 Å². The van der Waals surface area contributed by atoms with E-state index in [-0.39, 0.29) is 17.9 Å². The van der Waals surface area contributed by atoms with Crippen LogP contribution in [0.5, 0.6) is 0 Å². The summed E-state index contributed by atoms with van der Waals surface area (Å²) in [7, 11) is 0. The number of hydrogen-bond acceptors (Lipinski definition) is 4. The lowest BCUT2D eigenvalue weighted by molar-refractivity contribution is -0.115. The van der Waals surface area contributed by atoms with Crippen molar-refractivity contribution in [3.8, 4) is 10.6 Å². The molecule has 2 aromatic carbocycles. The van der Waals surface area contributed by atoms with Crippen molar-refractivity contribution in [2.24, 2.45) is 0 Å². The van der Waals surface area contributed by atoms with Crippen LogP contribution in [0.1, 0.15) is 11.1 Å². The van der Waals surface area contributed by atoms with Crippen LogP contribution in [0.3, 0.4) is 0 Å². The zero-order chi connectivity index (χ0) is 17.1. The summed E-state index contributed by atoms with van der Waals surface area (Å²) in [6.45, 7) is 2.01.